The Morgan fingerprint density at radius 1 is 1.32 bits per heavy atom. The number of hydrogen-bond acceptors (Lipinski definition) is 2. The smallest absolute Gasteiger partial charge is 0.193 e. The summed E-state index contributed by atoms with van der Waals surface area (Å²) in [6.07, 6.45) is 3.65. The quantitative estimate of drug-likeness (QED) is 0.275. The lowest BCUT2D eigenvalue weighted by Crippen LogP contribution is -2.40. The standard InChI is InChI=1S/C20H33N3O.HI/c1-17(2)8-7-12-22-20(21-3)23-13-11-19(14-23)16-24-15-18-9-5-4-6-10-18;/h4-6,9-10,17,19H,7-8,11-16H2,1-3H3,(H,21,22);1H. The van der Waals surface area contributed by atoms with Crippen molar-refractivity contribution >= 4 is 29.9 Å². The molecular weight excluding hydrogens is 425 g/mol. The molecule has 2 rings (SSSR count). The topological polar surface area (TPSA) is 36.9 Å². The first-order valence-electron chi connectivity index (χ1n) is 9.26. The fourth-order valence-corrected chi connectivity index (χ4v) is 3.12. The molecular formula is C20H34IN3O. The minimum absolute atomic E-state index is 0. The predicted molar refractivity (Wildman–Crippen MR) is 117 cm³/mol. The zero-order chi connectivity index (χ0) is 17.2. The molecule has 25 heavy (non-hydrogen) atoms. The third-order valence-electron chi connectivity index (χ3n) is 4.50. The van der Waals surface area contributed by atoms with Gasteiger partial charge in [0.15, 0.2) is 5.96 Å². The highest BCUT2D eigenvalue weighted by molar-refractivity contribution is 14.0. The van der Waals surface area contributed by atoms with Crippen molar-refractivity contribution in [3.8, 4) is 0 Å². The van der Waals surface area contributed by atoms with Gasteiger partial charge >= 0.3 is 0 Å². The van der Waals surface area contributed by atoms with Crippen molar-refractivity contribution < 1.29 is 4.74 Å². The van der Waals surface area contributed by atoms with Gasteiger partial charge in [-0.25, -0.2) is 0 Å². The number of likely N-dealkylation sites (tertiary alicyclic amines) is 1. The van der Waals surface area contributed by atoms with Crippen molar-refractivity contribution in [3.63, 3.8) is 0 Å². The average molecular weight is 459 g/mol. The van der Waals surface area contributed by atoms with Crippen LogP contribution in [0.4, 0.5) is 0 Å². The second kappa shape index (κ2) is 12.5. The molecule has 1 atom stereocenters. The van der Waals surface area contributed by atoms with Gasteiger partial charge in [0, 0.05) is 32.6 Å². The van der Waals surface area contributed by atoms with Crippen LogP contribution in [0.2, 0.25) is 0 Å². The second-order valence-corrected chi connectivity index (χ2v) is 7.11. The SMILES string of the molecule is CN=C(NCCCC(C)C)N1CCC(COCc2ccccc2)C1.I. The van der Waals surface area contributed by atoms with Crippen molar-refractivity contribution in [1.82, 2.24) is 10.2 Å². The van der Waals surface area contributed by atoms with Crippen LogP contribution >= 0.6 is 24.0 Å². The van der Waals surface area contributed by atoms with Gasteiger partial charge in [-0.3, -0.25) is 4.99 Å². The summed E-state index contributed by atoms with van der Waals surface area (Å²) in [4.78, 5) is 6.81. The Balaban J connectivity index is 0.00000312. The lowest BCUT2D eigenvalue weighted by atomic mass is 10.1. The molecule has 1 N–H and O–H groups in total. The number of aliphatic imine (C=N–C) groups is 1. The predicted octanol–water partition coefficient (Wildman–Crippen LogP) is 4.15. The minimum Gasteiger partial charge on any atom is -0.376 e. The summed E-state index contributed by atoms with van der Waals surface area (Å²) in [7, 11) is 1.88. The maximum absolute atomic E-state index is 5.90. The number of benzene rings is 1. The summed E-state index contributed by atoms with van der Waals surface area (Å²) in [6.45, 7) is 9.21. The Morgan fingerprint density at radius 3 is 2.76 bits per heavy atom. The molecule has 0 saturated carbocycles. The first kappa shape index (κ1) is 22.2. The van der Waals surface area contributed by atoms with Gasteiger partial charge in [-0.1, -0.05) is 44.2 Å². The zero-order valence-electron chi connectivity index (χ0n) is 15.9. The monoisotopic (exact) mass is 459 g/mol. The maximum atomic E-state index is 5.90. The van der Waals surface area contributed by atoms with Crippen LogP contribution in [0.3, 0.4) is 0 Å². The Labute approximate surface area is 170 Å². The van der Waals surface area contributed by atoms with E-state index in [1.54, 1.807) is 0 Å². The van der Waals surface area contributed by atoms with E-state index in [2.05, 4.69) is 53.3 Å². The summed E-state index contributed by atoms with van der Waals surface area (Å²) in [5, 5.41) is 3.50. The van der Waals surface area contributed by atoms with Gasteiger partial charge in [0.2, 0.25) is 0 Å². The van der Waals surface area contributed by atoms with Gasteiger partial charge in [-0.05, 0) is 30.7 Å². The van der Waals surface area contributed by atoms with E-state index < -0.39 is 0 Å². The minimum atomic E-state index is 0. The largest absolute Gasteiger partial charge is 0.376 e. The van der Waals surface area contributed by atoms with Crippen LogP contribution in [0.1, 0.15) is 38.7 Å². The van der Waals surface area contributed by atoms with Crippen molar-refractivity contribution in [3.05, 3.63) is 35.9 Å². The van der Waals surface area contributed by atoms with Crippen LogP contribution in [0, 0.1) is 11.8 Å². The first-order chi connectivity index (χ1) is 11.7. The van der Waals surface area contributed by atoms with Crippen molar-refractivity contribution in [1.29, 1.82) is 0 Å². The third-order valence-corrected chi connectivity index (χ3v) is 4.50. The van der Waals surface area contributed by atoms with Crippen molar-refractivity contribution in [2.75, 3.05) is 33.3 Å². The van der Waals surface area contributed by atoms with Gasteiger partial charge in [0.05, 0.1) is 13.2 Å². The molecule has 142 valence electrons. The second-order valence-electron chi connectivity index (χ2n) is 7.11. The summed E-state index contributed by atoms with van der Waals surface area (Å²) >= 11 is 0. The number of hydrogen-bond donors (Lipinski definition) is 1. The van der Waals surface area contributed by atoms with Crippen LogP contribution in [-0.2, 0) is 11.3 Å². The maximum Gasteiger partial charge on any atom is 0.193 e. The van der Waals surface area contributed by atoms with Gasteiger partial charge in [0.1, 0.15) is 0 Å². The van der Waals surface area contributed by atoms with Gasteiger partial charge in [0.25, 0.3) is 0 Å². The first-order valence-corrected chi connectivity index (χ1v) is 9.26. The zero-order valence-corrected chi connectivity index (χ0v) is 18.2. The molecule has 1 saturated heterocycles. The molecule has 1 aliphatic heterocycles. The summed E-state index contributed by atoms with van der Waals surface area (Å²) in [6, 6.07) is 10.4. The molecule has 0 amide bonds. The molecule has 1 unspecified atom stereocenters. The summed E-state index contributed by atoms with van der Waals surface area (Å²) in [5.41, 5.74) is 1.25. The Morgan fingerprint density at radius 2 is 2.08 bits per heavy atom. The van der Waals surface area contributed by atoms with E-state index in [1.165, 1.54) is 24.8 Å². The van der Waals surface area contributed by atoms with E-state index in [0.29, 0.717) is 12.5 Å². The fourth-order valence-electron chi connectivity index (χ4n) is 3.12. The Kier molecular flexibility index (Phi) is 11.1. The lowest BCUT2D eigenvalue weighted by molar-refractivity contribution is 0.0907. The van der Waals surface area contributed by atoms with Gasteiger partial charge in [-0.2, -0.15) is 0 Å². The number of guanidine groups is 1. The number of rotatable bonds is 8. The molecule has 1 heterocycles. The number of nitrogens with zero attached hydrogens (tertiary/aromatic N) is 2. The highest BCUT2D eigenvalue weighted by Crippen LogP contribution is 2.17. The van der Waals surface area contributed by atoms with E-state index in [4.69, 9.17) is 4.74 Å². The molecule has 0 bridgehead atoms. The van der Waals surface area contributed by atoms with Crippen molar-refractivity contribution in [2.45, 2.75) is 39.7 Å². The Bertz CT molecular complexity index is 493. The fraction of sp³-hybridized carbons (Fsp3) is 0.650. The average Bonchev–Trinajstić information content (AvgIpc) is 3.04. The Hall–Kier alpha value is -0.820. The van der Waals surface area contributed by atoms with Gasteiger partial charge in [-0.15, -0.1) is 24.0 Å². The van der Waals surface area contributed by atoms with Crippen LogP contribution < -0.4 is 5.32 Å². The van der Waals surface area contributed by atoms with Crippen LogP contribution in [-0.4, -0.2) is 44.1 Å². The number of ether oxygens (including phenoxy) is 1. The van der Waals surface area contributed by atoms with Crippen LogP contribution in [0.25, 0.3) is 0 Å². The molecule has 0 aromatic heterocycles. The molecule has 1 aromatic carbocycles. The van der Waals surface area contributed by atoms with E-state index in [9.17, 15) is 0 Å². The van der Waals surface area contributed by atoms with Crippen LogP contribution in [0.15, 0.2) is 35.3 Å². The highest BCUT2D eigenvalue weighted by atomic mass is 127. The molecule has 4 nitrogen and oxygen atoms in total. The van der Waals surface area contributed by atoms with E-state index in [1.807, 2.05) is 13.1 Å². The van der Waals surface area contributed by atoms with E-state index in [0.717, 1.165) is 38.1 Å². The summed E-state index contributed by atoms with van der Waals surface area (Å²) in [5.74, 6) is 2.42. The molecule has 0 aliphatic carbocycles. The van der Waals surface area contributed by atoms with E-state index >= 15 is 0 Å². The molecule has 1 aliphatic rings. The van der Waals surface area contributed by atoms with E-state index in [-0.39, 0.29) is 24.0 Å². The molecule has 1 fully saturated rings. The molecule has 1 aromatic rings. The number of nitrogens with one attached hydrogen (secondary N) is 1. The number of halogens is 1. The molecule has 5 heteroatoms. The lowest BCUT2D eigenvalue weighted by Gasteiger charge is -2.22. The van der Waals surface area contributed by atoms with Crippen molar-refractivity contribution in [2.24, 2.45) is 16.8 Å². The third kappa shape index (κ3) is 8.40. The van der Waals surface area contributed by atoms with Gasteiger partial charge < -0.3 is 15.0 Å². The summed E-state index contributed by atoms with van der Waals surface area (Å²) < 4.78 is 5.90. The highest BCUT2D eigenvalue weighted by Gasteiger charge is 2.24. The molecule has 0 radical (unpaired) electrons. The molecule has 0 spiro atoms. The van der Waals surface area contributed by atoms with Crippen LogP contribution in [0.5, 0.6) is 0 Å². The normalized spacial score (nSPS) is 17.7.